The summed E-state index contributed by atoms with van der Waals surface area (Å²) < 4.78 is 25.5. The Morgan fingerprint density at radius 2 is 1.53 bits per heavy atom. The van der Waals surface area contributed by atoms with E-state index in [1.54, 1.807) is 14.2 Å². The Morgan fingerprint density at radius 3 is 2.18 bits per heavy atom. The number of rotatable bonds is 10. The minimum absolute atomic E-state index is 0.0191. The van der Waals surface area contributed by atoms with Gasteiger partial charge in [0, 0.05) is 13.0 Å². The second kappa shape index (κ2) is 12.7. The van der Waals surface area contributed by atoms with Crippen LogP contribution in [0.25, 0.3) is 11.2 Å². The number of aromatic nitrogens is 4. The molecule has 1 saturated heterocycles. The summed E-state index contributed by atoms with van der Waals surface area (Å²) in [4.78, 5) is 14.6. The molecule has 9 heteroatoms. The number of allylic oxidation sites excluding steroid dienone is 1. The zero-order chi connectivity index (χ0) is 30.6. The minimum atomic E-state index is -0.843. The van der Waals surface area contributed by atoms with Crippen molar-refractivity contribution >= 4 is 17.1 Å². The molecule has 0 amide bonds. The first-order chi connectivity index (χ1) is 22.2. The maximum atomic E-state index is 6.27. The number of hydrogen-bond acceptors (Lipinski definition) is 8. The fourth-order valence-electron chi connectivity index (χ4n) is 6.40. The number of nitrogens with zero attached hydrogens (tertiary/aromatic N) is 4. The van der Waals surface area contributed by atoms with Gasteiger partial charge in [-0.05, 0) is 48.1 Å². The van der Waals surface area contributed by atoms with Crippen molar-refractivity contribution in [1.29, 1.82) is 0 Å². The average Bonchev–Trinajstić information content (AvgIpc) is 3.75. The largest absolute Gasteiger partial charge is 0.497 e. The Bertz CT molecular complexity index is 1710. The molecule has 1 fully saturated rings. The monoisotopic (exact) mass is 603 g/mol. The Labute approximate surface area is 262 Å². The van der Waals surface area contributed by atoms with Crippen molar-refractivity contribution in [2.45, 2.75) is 49.7 Å². The fourth-order valence-corrected chi connectivity index (χ4v) is 6.40. The smallest absolute Gasteiger partial charge is 0.246 e. The van der Waals surface area contributed by atoms with Gasteiger partial charge < -0.3 is 28.8 Å². The van der Waals surface area contributed by atoms with Crippen molar-refractivity contribution in [1.82, 2.24) is 19.5 Å². The van der Waals surface area contributed by atoms with Crippen LogP contribution in [0.1, 0.15) is 48.4 Å². The molecule has 0 spiro atoms. The maximum absolute atomic E-state index is 6.27. The highest BCUT2D eigenvalue weighted by Gasteiger charge is 2.38. The summed E-state index contributed by atoms with van der Waals surface area (Å²) in [7, 11) is 3.28. The lowest BCUT2D eigenvalue weighted by Crippen LogP contribution is -2.38. The van der Waals surface area contributed by atoms with Crippen LogP contribution in [0, 0.1) is 0 Å². The number of nitrogens with one attached hydrogen (secondary N) is 1. The maximum Gasteiger partial charge on any atom is 0.246 e. The highest BCUT2D eigenvalue weighted by Crippen LogP contribution is 2.41. The molecule has 1 aliphatic carbocycles. The van der Waals surface area contributed by atoms with Crippen molar-refractivity contribution in [3.05, 3.63) is 120 Å². The number of hydrogen-bond donors (Lipinski definition) is 1. The van der Waals surface area contributed by atoms with E-state index in [-0.39, 0.29) is 18.4 Å². The molecule has 1 N–H and O–H groups in total. The quantitative estimate of drug-likeness (QED) is 0.140. The van der Waals surface area contributed by atoms with Gasteiger partial charge in [0.25, 0.3) is 0 Å². The van der Waals surface area contributed by atoms with Crippen molar-refractivity contribution in [2.75, 3.05) is 26.1 Å². The van der Waals surface area contributed by atoms with Crippen LogP contribution < -0.4 is 14.8 Å². The number of methoxy groups -OCH3 is 2. The van der Waals surface area contributed by atoms with E-state index in [1.165, 1.54) is 0 Å². The van der Waals surface area contributed by atoms with E-state index in [9.17, 15) is 0 Å². The van der Waals surface area contributed by atoms with E-state index in [1.807, 2.05) is 54.9 Å². The molecule has 5 aromatic rings. The van der Waals surface area contributed by atoms with Gasteiger partial charge >= 0.3 is 0 Å². The normalized spacial score (nSPS) is 19.9. The van der Waals surface area contributed by atoms with Crippen molar-refractivity contribution in [3.63, 3.8) is 0 Å². The molecule has 2 aromatic heterocycles. The Morgan fingerprint density at radius 1 is 0.822 bits per heavy atom. The van der Waals surface area contributed by atoms with Gasteiger partial charge in [0.05, 0.1) is 32.7 Å². The lowest BCUT2D eigenvalue weighted by atomic mass is 9.77. The summed E-state index contributed by atoms with van der Waals surface area (Å²) in [6.45, 7) is 0.757. The summed E-state index contributed by atoms with van der Waals surface area (Å²) in [6.07, 6.45) is 9.83. The van der Waals surface area contributed by atoms with Gasteiger partial charge in [0.1, 0.15) is 11.3 Å². The van der Waals surface area contributed by atoms with Crippen LogP contribution >= 0.6 is 0 Å². The molecular weight excluding hydrogens is 566 g/mol. The summed E-state index contributed by atoms with van der Waals surface area (Å²) >= 11 is 0. The average molecular weight is 604 g/mol. The molecule has 45 heavy (non-hydrogen) atoms. The van der Waals surface area contributed by atoms with Crippen LogP contribution in [-0.4, -0.2) is 52.7 Å². The molecule has 3 heterocycles. The Hall–Kier alpha value is -4.73. The van der Waals surface area contributed by atoms with Crippen LogP contribution in [0.2, 0.25) is 0 Å². The number of imidazole rings is 1. The molecule has 2 aliphatic rings. The summed E-state index contributed by atoms with van der Waals surface area (Å²) in [5, 5.41) is 3.77. The van der Waals surface area contributed by atoms with Crippen LogP contribution in [0.15, 0.2) is 103 Å². The third kappa shape index (κ3) is 5.65. The highest BCUT2D eigenvalue weighted by atomic mass is 16.7. The summed E-state index contributed by atoms with van der Waals surface area (Å²) in [5.41, 5.74) is 3.50. The van der Waals surface area contributed by atoms with E-state index in [0.29, 0.717) is 23.0 Å². The van der Waals surface area contributed by atoms with Gasteiger partial charge in [0.2, 0.25) is 11.8 Å². The van der Waals surface area contributed by atoms with Gasteiger partial charge in [-0.3, -0.25) is 0 Å². The number of fused-ring (bicyclic) bond motifs is 1. The fraction of sp³-hybridized carbons (Fsp3) is 0.306. The first-order valence-electron chi connectivity index (χ1n) is 15.5. The molecule has 0 bridgehead atoms. The molecule has 1 unspecified atom stereocenters. The second-order valence-corrected chi connectivity index (χ2v) is 11.4. The predicted molar refractivity (Wildman–Crippen MR) is 173 cm³/mol. The molecule has 0 radical (unpaired) electrons. The van der Waals surface area contributed by atoms with Gasteiger partial charge in [-0.1, -0.05) is 84.9 Å². The molecule has 7 rings (SSSR count). The van der Waals surface area contributed by atoms with Crippen molar-refractivity contribution < 1.29 is 18.9 Å². The van der Waals surface area contributed by atoms with Gasteiger partial charge in [-0.25, -0.2) is 4.98 Å². The predicted octanol–water partition coefficient (Wildman–Crippen LogP) is 6.66. The topological polar surface area (TPSA) is 92.5 Å². The summed E-state index contributed by atoms with van der Waals surface area (Å²) in [6, 6.07) is 28.8. The molecule has 0 saturated carbocycles. The SMILES string of the molecule is COc1ccc(C(Nc2nc(OC)c3ncn([C@H]4C=C[C@@H](OC5CCCCO5)C4)c3n2)(c2ccccc2)c2ccccc2)cc1. The van der Waals surface area contributed by atoms with Crippen molar-refractivity contribution in [3.8, 4) is 11.6 Å². The first-order valence-corrected chi connectivity index (χ1v) is 15.5. The van der Waals surface area contributed by atoms with E-state index < -0.39 is 5.54 Å². The second-order valence-electron chi connectivity index (χ2n) is 11.4. The van der Waals surface area contributed by atoms with E-state index in [2.05, 4.69) is 63.4 Å². The first kappa shape index (κ1) is 29.0. The Balaban J connectivity index is 1.30. The molecule has 230 valence electrons. The zero-order valence-electron chi connectivity index (χ0n) is 25.5. The number of ether oxygens (including phenoxy) is 4. The molecule has 3 atom stereocenters. The third-order valence-electron chi connectivity index (χ3n) is 8.66. The molecule has 3 aromatic carbocycles. The van der Waals surface area contributed by atoms with Gasteiger partial charge in [-0.2, -0.15) is 9.97 Å². The van der Waals surface area contributed by atoms with E-state index >= 15 is 0 Å². The van der Waals surface area contributed by atoms with E-state index in [4.69, 9.17) is 28.9 Å². The van der Waals surface area contributed by atoms with E-state index in [0.717, 1.165) is 54.7 Å². The van der Waals surface area contributed by atoms with Crippen LogP contribution in [0.3, 0.4) is 0 Å². The number of anilines is 1. The molecule has 1 aliphatic heterocycles. The van der Waals surface area contributed by atoms with Gasteiger partial charge in [0.15, 0.2) is 17.5 Å². The van der Waals surface area contributed by atoms with Crippen LogP contribution in [0.4, 0.5) is 5.95 Å². The van der Waals surface area contributed by atoms with Gasteiger partial charge in [-0.15, -0.1) is 0 Å². The lowest BCUT2D eigenvalue weighted by molar-refractivity contribution is -0.178. The lowest BCUT2D eigenvalue weighted by Gasteiger charge is -2.37. The Kier molecular flexibility index (Phi) is 8.19. The molecule has 9 nitrogen and oxygen atoms in total. The minimum Gasteiger partial charge on any atom is -0.497 e. The zero-order valence-corrected chi connectivity index (χ0v) is 25.5. The van der Waals surface area contributed by atoms with Crippen molar-refractivity contribution in [2.24, 2.45) is 0 Å². The summed E-state index contributed by atoms with van der Waals surface area (Å²) in [5.74, 6) is 1.59. The van der Waals surface area contributed by atoms with Crippen LogP contribution in [0.5, 0.6) is 11.6 Å². The third-order valence-corrected chi connectivity index (χ3v) is 8.66. The number of benzene rings is 3. The van der Waals surface area contributed by atoms with Crippen LogP contribution in [-0.2, 0) is 15.0 Å². The standard InChI is InChI=1S/C36H37N5O4/c1-42-29-19-16-27(17-20-29)36(25-11-5-3-6-12-25,26-13-7-4-8-14-26)40-35-38-33-32(34(39-35)43-2)37-24-41(33)28-18-21-30(23-28)45-31-15-9-10-22-44-31/h3-8,11-14,16-21,24,28,30-31H,9-10,15,22-23H2,1-2H3,(H,38,39,40)/t28-,30+,31?/m0/s1. The molecular formula is C36H37N5O4. The highest BCUT2D eigenvalue weighted by molar-refractivity contribution is 5.78.